The average Bonchev–Trinajstić information content (AvgIpc) is 2.71. The minimum atomic E-state index is 0.757. The zero-order chi connectivity index (χ0) is 20.4. The molecule has 1 aliphatic heterocycles. The number of rotatable bonds is 5. The first-order valence-electron chi connectivity index (χ1n) is 9.72. The average molecular weight is 390 g/mol. The van der Waals surface area contributed by atoms with Crippen LogP contribution in [0.15, 0.2) is 42.7 Å². The Kier molecular flexibility index (Phi) is 5.25. The van der Waals surface area contributed by atoms with Crippen LogP contribution in [0.1, 0.15) is 22.3 Å². The van der Waals surface area contributed by atoms with Crippen LogP contribution in [-0.2, 0) is 13.0 Å². The number of hydrogen-bond acceptors (Lipinski definition) is 6. The molecule has 0 atom stereocenters. The number of methoxy groups -OCH3 is 2. The lowest BCUT2D eigenvalue weighted by Gasteiger charge is -2.30. The molecule has 0 aliphatic carbocycles. The van der Waals surface area contributed by atoms with Crippen LogP contribution in [0.3, 0.4) is 0 Å². The third-order valence-corrected chi connectivity index (χ3v) is 5.19. The van der Waals surface area contributed by atoms with Crippen LogP contribution in [-0.4, -0.2) is 30.7 Å². The van der Waals surface area contributed by atoms with Gasteiger partial charge < -0.3 is 19.7 Å². The first-order valence-corrected chi connectivity index (χ1v) is 9.72. The number of aryl methyl sites for hydroxylation is 2. The number of ether oxygens (including phenoxy) is 2. The smallest absolute Gasteiger partial charge is 0.161 e. The molecule has 0 bridgehead atoms. The van der Waals surface area contributed by atoms with Gasteiger partial charge in [0.15, 0.2) is 11.5 Å². The maximum atomic E-state index is 5.47. The van der Waals surface area contributed by atoms with Gasteiger partial charge in [-0.1, -0.05) is 6.07 Å². The monoisotopic (exact) mass is 390 g/mol. The zero-order valence-electron chi connectivity index (χ0n) is 17.3. The minimum absolute atomic E-state index is 0.757. The largest absolute Gasteiger partial charge is 0.493 e. The van der Waals surface area contributed by atoms with Crippen LogP contribution in [0.5, 0.6) is 11.5 Å². The van der Waals surface area contributed by atoms with E-state index in [1.54, 1.807) is 20.5 Å². The van der Waals surface area contributed by atoms with Gasteiger partial charge in [0.1, 0.15) is 18.0 Å². The van der Waals surface area contributed by atoms with Crippen LogP contribution in [0.2, 0.25) is 0 Å². The van der Waals surface area contributed by atoms with E-state index in [9.17, 15) is 0 Å². The Balaban J connectivity index is 1.56. The highest BCUT2D eigenvalue weighted by molar-refractivity contribution is 5.61. The van der Waals surface area contributed by atoms with E-state index in [0.29, 0.717) is 0 Å². The van der Waals surface area contributed by atoms with Crippen LogP contribution in [0.25, 0.3) is 0 Å². The van der Waals surface area contributed by atoms with E-state index in [0.717, 1.165) is 48.3 Å². The fraction of sp³-hybridized carbons (Fsp3) is 0.304. The second-order valence-corrected chi connectivity index (χ2v) is 7.41. The van der Waals surface area contributed by atoms with Crippen LogP contribution in [0, 0.1) is 13.8 Å². The van der Waals surface area contributed by atoms with Gasteiger partial charge in [-0.25, -0.2) is 9.97 Å². The van der Waals surface area contributed by atoms with Gasteiger partial charge in [-0.05, 0) is 66.8 Å². The summed E-state index contributed by atoms with van der Waals surface area (Å²) >= 11 is 0. The van der Waals surface area contributed by atoms with Gasteiger partial charge in [0.25, 0.3) is 0 Å². The summed E-state index contributed by atoms with van der Waals surface area (Å²) in [5, 5.41) is 3.40. The lowest BCUT2D eigenvalue weighted by molar-refractivity contribution is 0.353. The van der Waals surface area contributed by atoms with Gasteiger partial charge >= 0.3 is 0 Å². The molecule has 0 spiro atoms. The van der Waals surface area contributed by atoms with E-state index in [1.807, 2.05) is 6.07 Å². The molecule has 0 radical (unpaired) electrons. The normalized spacial score (nSPS) is 13.0. The van der Waals surface area contributed by atoms with Crippen molar-refractivity contribution in [1.82, 2.24) is 9.97 Å². The Morgan fingerprint density at radius 2 is 1.55 bits per heavy atom. The van der Waals surface area contributed by atoms with E-state index < -0.39 is 0 Å². The molecule has 2 aromatic carbocycles. The van der Waals surface area contributed by atoms with Crippen molar-refractivity contribution in [2.45, 2.75) is 26.8 Å². The maximum absolute atomic E-state index is 5.47. The predicted octanol–water partition coefficient (Wildman–Crippen LogP) is 4.42. The van der Waals surface area contributed by atoms with Crippen LogP contribution < -0.4 is 19.7 Å². The summed E-state index contributed by atoms with van der Waals surface area (Å²) in [6, 6.07) is 12.5. The third-order valence-electron chi connectivity index (χ3n) is 5.19. The highest BCUT2D eigenvalue weighted by Gasteiger charge is 2.20. The van der Waals surface area contributed by atoms with E-state index in [4.69, 9.17) is 9.47 Å². The molecular weight excluding hydrogens is 364 g/mol. The third kappa shape index (κ3) is 4.11. The summed E-state index contributed by atoms with van der Waals surface area (Å²) in [5.74, 6) is 3.24. The summed E-state index contributed by atoms with van der Waals surface area (Å²) < 4.78 is 10.9. The Hall–Kier alpha value is -3.28. The quantitative estimate of drug-likeness (QED) is 0.696. The van der Waals surface area contributed by atoms with Gasteiger partial charge in [-0.3, -0.25) is 0 Å². The van der Waals surface area contributed by atoms with Gasteiger partial charge in [-0.2, -0.15) is 0 Å². The molecule has 2 heterocycles. The summed E-state index contributed by atoms with van der Waals surface area (Å²) in [5.41, 5.74) is 6.00. The molecule has 3 aromatic rings. The van der Waals surface area contributed by atoms with E-state index in [1.165, 1.54) is 22.3 Å². The summed E-state index contributed by atoms with van der Waals surface area (Å²) in [6.45, 7) is 5.86. The van der Waals surface area contributed by atoms with E-state index in [2.05, 4.69) is 64.4 Å². The maximum Gasteiger partial charge on any atom is 0.161 e. The minimum Gasteiger partial charge on any atom is -0.493 e. The van der Waals surface area contributed by atoms with Gasteiger partial charge in [0.2, 0.25) is 0 Å². The fourth-order valence-electron chi connectivity index (χ4n) is 3.86. The lowest BCUT2D eigenvalue weighted by Crippen LogP contribution is -2.31. The van der Waals surface area contributed by atoms with Crippen LogP contribution >= 0.6 is 0 Å². The SMILES string of the molecule is COc1cc2c(cc1OC)CN(c1cc(Nc3cc(C)cc(C)c3)ncn1)CC2. The van der Waals surface area contributed by atoms with Gasteiger partial charge in [-0.15, -0.1) is 0 Å². The number of nitrogens with one attached hydrogen (secondary N) is 1. The molecule has 0 saturated heterocycles. The number of fused-ring (bicyclic) bond motifs is 1. The van der Waals surface area contributed by atoms with Crippen molar-refractivity contribution in [3.05, 3.63) is 65.0 Å². The molecule has 1 N–H and O–H groups in total. The standard InChI is InChI=1S/C23H26N4O2/c1-15-7-16(2)9-19(8-15)26-22-12-23(25-14-24-22)27-6-5-17-10-20(28-3)21(29-4)11-18(17)13-27/h7-12,14H,5-6,13H2,1-4H3,(H,24,25,26). The Labute approximate surface area is 171 Å². The molecule has 0 unspecified atom stereocenters. The number of anilines is 3. The number of nitrogens with zero attached hydrogens (tertiary/aromatic N) is 3. The number of hydrogen-bond donors (Lipinski definition) is 1. The molecule has 0 fully saturated rings. The molecule has 1 aliphatic rings. The molecule has 1 aromatic heterocycles. The van der Waals surface area contributed by atoms with Crippen molar-refractivity contribution in [3.63, 3.8) is 0 Å². The second-order valence-electron chi connectivity index (χ2n) is 7.41. The Bertz CT molecular complexity index is 1020. The van der Waals surface area contributed by atoms with Crippen LogP contribution in [0.4, 0.5) is 17.3 Å². The molecular formula is C23H26N4O2. The lowest BCUT2D eigenvalue weighted by atomic mass is 9.99. The first-order chi connectivity index (χ1) is 14.1. The van der Waals surface area contributed by atoms with E-state index >= 15 is 0 Å². The molecule has 150 valence electrons. The molecule has 4 rings (SSSR count). The Morgan fingerprint density at radius 1 is 0.862 bits per heavy atom. The number of benzene rings is 2. The zero-order valence-corrected chi connectivity index (χ0v) is 17.3. The van der Waals surface area contributed by atoms with Crippen molar-refractivity contribution in [1.29, 1.82) is 0 Å². The van der Waals surface area contributed by atoms with Crippen molar-refractivity contribution in [3.8, 4) is 11.5 Å². The highest BCUT2D eigenvalue weighted by Crippen LogP contribution is 2.34. The second kappa shape index (κ2) is 7.99. The Morgan fingerprint density at radius 3 is 2.24 bits per heavy atom. The summed E-state index contributed by atoms with van der Waals surface area (Å²) in [4.78, 5) is 11.2. The molecule has 0 saturated carbocycles. The van der Waals surface area contributed by atoms with E-state index in [-0.39, 0.29) is 0 Å². The summed E-state index contributed by atoms with van der Waals surface area (Å²) in [7, 11) is 3.34. The van der Waals surface area contributed by atoms with Crippen molar-refractivity contribution >= 4 is 17.3 Å². The van der Waals surface area contributed by atoms with Crippen molar-refractivity contribution in [2.24, 2.45) is 0 Å². The molecule has 6 nitrogen and oxygen atoms in total. The number of aromatic nitrogens is 2. The summed E-state index contributed by atoms with van der Waals surface area (Å²) in [6.07, 6.45) is 2.55. The molecule has 0 amide bonds. The van der Waals surface area contributed by atoms with Gasteiger partial charge in [0.05, 0.1) is 14.2 Å². The van der Waals surface area contributed by atoms with Crippen molar-refractivity contribution in [2.75, 3.05) is 31.0 Å². The molecule has 29 heavy (non-hydrogen) atoms. The van der Waals surface area contributed by atoms with Crippen molar-refractivity contribution < 1.29 is 9.47 Å². The first kappa shape index (κ1) is 19.1. The highest BCUT2D eigenvalue weighted by atomic mass is 16.5. The van der Waals surface area contributed by atoms with Gasteiger partial charge in [0, 0.05) is 24.8 Å². The predicted molar refractivity (Wildman–Crippen MR) is 116 cm³/mol. The fourth-order valence-corrected chi connectivity index (χ4v) is 3.86. The topological polar surface area (TPSA) is 59.5 Å². The molecule has 6 heteroatoms.